The molecule has 1 N–H and O–H groups in total. The van der Waals surface area contributed by atoms with Gasteiger partial charge in [-0.3, -0.25) is 0 Å². The summed E-state index contributed by atoms with van der Waals surface area (Å²) in [4.78, 5) is 11.9. The van der Waals surface area contributed by atoms with Gasteiger partial charge in [0.1, 0.15) is 11.6 Å². The lowest BCUT2D eigenvalue weighted by molar-refractivity contribution is 0.0506. The monoisotopic (exact) mass is 312 g/mol. The first-order valence-corrected chi connectivity index (χ1v) is 7.88. The number of nitrogens with zero attached hydrogens (tertiary/aromatic N) is 5. The van der Waals surface area contributed by atoms with Gasteiger partial charge in [-0.2, -0.15) is 17.0 Å². The van der Waals surface area contributed by atoms with E-state index in [-0.39, 0.29) is 6.04 Å². The van der Waals surface area contributed by atoms with Crippen LogP contribution in [0.1, 0.15) is 39.1 Å². The third kappa shape index (κ3) is 5.99. The minimum absolute atomic E-state index is 0.302. The Bertz CT molecular complexity index is 505. The van der Waals surface area contributed by atoms with Gasteiger partial charge in [0.25, 0.3) is 0 Å². The summed E-state index contributed by atoms with van der Waals surface area (Å²) in [5.74, 6) is 1.12. The lowest BCUT2D eigenvalue weighted by Crippen LogP contribution is -2.37. The highest BCUT2D eigenvalue weighted by molar-refractivity contribution is 7.98. The van der Waals surface area contributed by atoms with Gasteiger partial charge in [0, 0.05) is 5.75 Å². The van der Waals surface area contributed by atoms with Gasteiger partial charge in [0.05, 0.1) is 19.0 Å². The van der Waals surface area contributed by atoms with E-state index in [0.717, 1.165) is 0 Å². The number of hydrogen-bond acceptors (Lipinski definition) is 7. The fraction of sp³-hybridized carbons (Fsp3) is 0.750. The summed E-state index contributed by atoms with van der Waals surface area (Å²) >= 11 is 1.56. The van der Waals surface area contributed by atoms with Crippen LogP contribution in [0.15, 0.2) is 0 Å². The third-order valence-electron chi connectivity index (χ3n) is 2.33. The van der Waals surface area contributed by atoms with Crippen LogP contribution in [0, 0.1) is 11.3 Å². The minimum atomic E-state index is -0.569. The van der Waals surface area contributed by atoms with Gasteiger partial charge in [-0.15, -0.1) is 5.10 Å². The zero-order chi connectivity index (χ0) is 15.9. The molecule has 1 atom stereocenters. The van der Waals surface area contributed by atoms with Crippen LogP contribution < -0.4 is 5.32 Å². The second-order valence-corrected chi connectivity index (χ2v) is 6.23. The van der Waals surface area contributed by atoms with E-state index in [1.165, 1.54) is 4.68 Å². The molecule has 1 rings (SSSR count). The number of thioether (sulfide) groups is 1. The van der Waals surface area contributed by atoms with Crippen molar-refractivity contribution in [3.05, 3.63) is 5.82 Å². The number of tetrazole rings is 1. The number of alkyl carbamates (subject to hydrolysis) is 1. The Hall–Kier alpha value is -1.82. The molecule has 0 bridgehead atoms. The molecular formula is C12H20N6O2S. The molecule has 1 amide bonds. The van der Waals surface area contributed by atoms with Crippen molar-refractivity contribution in [2.45, 2.75) is 45.4 Å². The first-order chi connectivity index (χ1) is 9.87. The van der Waals surface area contributed by atoms with E-state index >= 15 is 0 Å². The molecule has 0 spiro atoms. The van der Waals surface area contributed by atoms with Crippen LogP contribution in [0.3, 0.4) is 0 Å². The number of nitriles is 1. The van der Waals surface area contributed by atoms with Crippen LogP contribution >= 0.6 is 11.8 Å². The standard InChI is InChI=1S/C12H20N6O2S/c1-12(2,3)20-11(19)14-9(8-21-4)10-15-16-17-18(10)7-5-6-13/h9H,5,7-8H2,1-4H3,(H,14,19)/t9-/m0/s1. The first-order valence-electron chi connectivity index (χ1n) is 6.49. The average Bonchev–Trinajstić information content (AvgIpc) is 2.81. The summed E-state index contributed by atoms with van der Waals surface area (Å²) in [5, 5.41) is 22.8. The lowest BCUT2D eigenvalue weighted by atomic mass is 10.2. The summed E-state index contributed by atoms with van der Waals surface area (Å²) in [6, 6.07) is 1.67. The maximum atomic E-state index is 11.9. The Morgan fingerprint density at radius 2 is 2.29 bits per heavy atom. The molecule has 0 saturated heterocycles. The van der Waals surface area contributed by atoms with Crippen molar-refractivity contribution in [2.24, 2.45) is 0 Å². The van der Waals surface area contributed by atoms with E-state index in [9.17, 15) is 4.79 Å². The molecule has 0 aliphatic heterocycles. The Morgan fingerprint density at radius 1 is 1.57 bits per heavy atom. The van der Waals surface area contributed by atoms with E-state index in [1.54, 1.807) is 32.5 Å². The van der Waals surface area contributed by atoms with Crippen molar-refractivity contribution in [3.63, 3.8) is 0 Å². The van der Waals surface area contributed by atoms with Gasteiger partial charge < -0.3 is 10.1 Å². The van der Waals surface area contributed by atoms with E-state index in [0.29, 0.717) is 24.5 Å². The Kier molecular flexibility index (Phi) is 6.42. The van der Waals surface area contributed by atoms with E-state index in [2.05, 4.69) is 20.8 Å². The zero-order valence-corrected chi connectivity index (χ0v) is 13.5. The fourth-order valence-electron chi connectivity index (χ4n) is 1.57. The minimum Gasteiger partial charge on any atom is -0.444 e. The SMILES string of the molecule is CSC[C@H](NC(=O)OC(C)(C)C)c1nnnn1CCC#N. The van der Waals surface area contributed by atoms with Crippen molar-refractivity contribution in [1.82, 2.24) is 25.5 Å². The van der Waals surface area contributed by atoms with Gasteiger partial charge in [-0.25, -0.2) is 9.48 Å². The van der Waals surface area contributed by atoms with Crippen LogP contribution in [0.4, 0.5) is 4.79 Å². The number of rotatable bonds is 6. The molecule has 0 aromatic carbocycles. The summed E-state index contributed by atoms with van der Waals surface area (Å²) in [5.41, 5.74) is -0.569. The average molecular weight is 312 g/mol. The number of amides is 1. The predicted octanol–water partition coefficient (Wildman–Crippen LogP) is 1.52. The second kappa shape index (κ2) is 7.83. The molecule has 9 heteroatoms. The van der Waals surface area contributed by atoms with Crippen LogP contribution in [0.25, 0.3) is 0 Å². The Balaban J connectivity index is 2.80. The molecule has 0 fully saturated rings. The van der Waals surface area contributed by atoms with Crippen molar-refractivity contribution in [2.75, 3.05) is 12.0 Å². The molecule has 0 aliphatic carbocycles. The number of hydrogen-bond donors (Lipinski definition) is 1. The number of carbonyl (C=O) groups is 1. The maximum Gasteiger partial charge on any atom is 0.408 e. The number of ether oxygens (including phenoxy) is 1. The fourth-order valence-corrected chi connectivity index (χ4v) is 2.14. The maximum absolute atomic E-state index is 11.9. The molecule has 1 aromatic rings. The van der Waals surface area contributed by atoms with Gasteiger partial charge in [0.15, 0.2) is 5.82 Å². The number of carbonyl (C=O) groups excluding carboxylic acids is 1. The zero-order valence-electron chi connectivity index (χ0n) is 12.7. The molecule has 1 heterocycles. The van der Waals surface area contributed by atoms with Crippen molar-refractivity contribution in [1.29, 1.82) is 5.26 Å². The molecule has 116 valence electrons. The van der Waals surface area contributed by atoms with Gasteiger partial charge in [0.2, 0.25) is 0 Å². The second-order valence-electron chi connectivity index (χ2n) is 5.32. The normalized spacial score (nSPS) is 12.5. The summed E-state index contributed by atoms with van der Waals surface area (Å²) < 4.78 is 6.77. The lowest BCUT2D eigenvalue weighted by Gasteiger charge is -2.22. The summed E-state index contributed by atoms with van der Waals surface area (Å²) in [7, 11) is 0. The van der Waals surface area contributed by atoms with Crippen molar-refractivity contribution < 1.29 is 9.53 Å². The molecular weight excluding hydrogens is 292 g/mol. The molecule has 0 unspecified atom stereocenters. The largest absolute Gasteiger partial charge is 0.444 e. The Labute approximate surface area is 128 Å². The molecule has 0 radical (unpaired) electrons. The number of nitrogens with one attached hydrogen (secondary N) is 1. The number of aryl methyl sites for hydroxylation is 1. The van der Waals surface area contributed by atoms with Gasteiger partial charge in [-0.1, -0.05) is 0 Å². The van der Waals surface area contributed by atoms with Crippen molar-refractivity contribution in [3.8, 4) is 6.07 Å². The molecule has 8 nitrogen and oxygen atoms in total. The van der Waals surface area contributed by atoms with Crippen LogP contribution in [-0.2, 0) is 11.3 Å². The summed E-state index contributed by atoms with van der Waals surface area (Å²) in [6.07, 6.45) is 1.71. The van der Waals surface area contributed by atoms with Crippen LogP contribution in [-0.4, -0.2) is 43.9 Å². The predicted molar refractivity (Wildman–Crippen MR) is 78.5 cm³/mol. The van der Waals surface area contributed by atoms with E-state index < -0.39 is 11.7 Å². The van der Waals surface area contributed by atoms with Crippen LogP contribution in [0.2, 0.25) is 0 Å². The molecule has 0 aliphatic rings. The molecule has 21 heavy (non-hydrogen) atoms. The topological polar surface area (TPSA) is 106 Å². The quantitative estimate of drug-likeness (QED) is 0.848. The van der Waals surface area contributed by atoms with Gasteiger partial charge >= 0.3 is 6.09 Å². The molecule has 0 saturated carbocycles. The van der Waals surface area contributed by atoms with E-state index in [1.807, 2.05) is 12.3 Å². The smallest absolute Gasteiger partial charge is 0.408 e. The summed E-state index contributed by atoms with van der Waals surface area (Å²) in [6.45, 7) is 5.78. The number of aromatic nitrogens is 4. The highest BCUT2D eigenvalue weighted by Crippen LogP contribution is 2.16. The Morgan fingerprint density at radius 3 is 2.86 bits per heavy atom. The van der Waals surface area contributed by atoms with E-state index in [4.69, 9.17) is 10.00 Å². The third-order valence-corrected chi connectivity index (χ3v) is 3.00. The van der Waals surface area contributed by atoms with Crippen LogP contribution in [0.5, 0.6) is 0 Å². The van der Waals surface area contributed by atoms with Crippen molar-refractivity contribution >= 4 is 17.9 Å². The molecule has 1 aromatic heterocycles. The highest BCUT2D eigenvalue weighted by Gasteiger charge is 2.24. The van der Waals surface area contributed by atoms with Gasteiger partial charge in [-0.05, 0) is 37.5 Å². The highest BCUT2D eigenvalue weighted by atomic mass is 32.2. The first kappa shape index (κ1) is 17.2.